The number of nitrogens with one attached hydrogen (secondary N) is 1. The van der Waals surface area contributed by atoms with Gasteiger partial charge in [0.25, 0.3) is 5.91 Å². The van der Waals surface area contributed by atoms with E-state index >= 15 is 0 Å². The Bertz CT molecular complexity index is 673. The van der Waals surface area contributed by atoms with E-state index in [1.54, 1.807) is 7.11 Å². The fourth-order valence-corrected chi connectivity index (χ4v) is 3.25. The van der Waals surface area contributed by atoms with Crippen molar-refractivity contribution < 1.29 is 9.53 Å². The van der Waals surface area contributed by atoms with Crippen molar-refractivity contribution in [3.63, 3.8) is 0 Å². The van der Waals surface area contributed by atoms with Crippen LogP contribution in [0.1, 0.15) is 37.4 Å². The number of carbonyl (C=O) groups is 1. The van der Waals surface area contributed by atoms with E-state index in [1.165, 1.54) is 11.3 Å². The first-order valence-corrected chi connectivity index (χ1v) is 8.00. The topological polar surface area (TPSA) is 38.3 Å². The highest BCUT2D eigenvalue weighted by Crippen LogP contribution is 2.37. The Labute approximate surface area is 134 Å². The van der Waals surface area contributed by atoms with E-state index in [1.807, 2.05) is 25.1 Å². The maximum absolute atomic E-state index is 12.4. The van der Waals surface area contributed by atoms with Gasteiger partial charge in [-0.2, -0.15) is 0 Å². The van der Waals surface area contributed by atoms with Crippen LogP contribution >= 0.6 is 22.9 Å². The second-order valence-electron chi connectivity index (χ2n) is 6.17. The third-order valence-corrected chi connectivity index (χ3v) is 5.35. The zero-order valence-corrected chi connectivity index (χ0v) is 14.5. The molecule has 21 heavy (non-hydrogen) atoms. The van der Waals surface area contributed by atoms with E-state index in [9.17, 15) is 4.79 Å². The molecule has 1 aromatic heterocycles. The van der Waals surface area contributed by atoms with E-state index in [-0.39, 0.29) is 17.4 Å². The Balaban J connectivity index is 2.34. The van der Waals surface area contributed by atoms with E-state index in [0.29, 0.717) is 9.90 Å². The summed E-state index contributed by atoms with van der Waals surface area (Å²) < 4.78 is 6.16. The maximum Gasteiger partial charge on any atom is 0.263 e. The third kappa shape index (κ3) is 3.33. The molecule has 0 saturated carbocycles. The van der Waals surface area contributed by atoms with Gasteiger partial charge in [0.15, 0.2) is 0 Å². The van der Waals surface area contributed by atoms with Crippen molar-refractivity contribution in [2.45, 2.75) is 33.7 Å². The first kappa shape index (κ1) is 16.1. The van der Waals surface area contributed by atoms with Crippen LogP contribution in [0.25, 0.3) is 10.1 Å². The lowest BCUT2D eigenvalue weighted by molar-refractivity contribution is 0.0914. The summed E-state index contributed by atoms with van der Waals surface area (Å²) in [4.78, 5) is 13.0. The molecule has 0 spiro atoms. The van der Waals surface area contributed by atoms with Crippen LogP contribution in [0.5, 0.6) is 5.75 Å². The highest BCUT2D eigenvalue weighted by Gasteiger charge is 2.24. The fraction of sp³-hybridized carbons (Fsp3) is 0.438. The first-order valence-electron chi connectivity index (χ1n) is 6.81. The second kappa shape index (κ2) is 5.85. The zero-order valence-electron chi connectivity index (χ0n) is 12.9. The van der Waals surface area contributed by atoms with Crippen molar-refractivity contribution in [1.29, 1.82) is 0 Å². The van der Waals surface area contributed by atoms with Gasteiger partial charge in [0, 0.05) is 16.1 Å². The minimum Gasteiger partial charge on any atom is -0.497 e. The number of fused-ring (bicyclic) bond motifs is 1. The van der Waals surface area contributed by atoms with Crippen LogP contribution in [0.2, 0.25) is 5.02 Å². The zero-order chi connectivity index (χ0) is 15.8. The van der Waals surface area contributed by atoms with Gasteiger partial charge in [0.2, 0.25) is 0 Å². The van der Waals surface area contributed by atoms with Gasteiger partial charge < -0.3 is 10.1 Å². The number of thiophene rings is 1. The standard InChI is InChI=1S/C16H20ClNO2S/c1-9(16(2,3)4)18-15(19)14-13(17)11-7-6-10(20-5)8-12(11)21-14/h6-9H,1-5H3,(H,18,19)/t9-/m0/s1. The molecule has 1 amide bonds. The first-order chi connectivity index (χ1) is 9.74. The average molecular weight is 326 g/mol. The number of hydrogen-bond acceptors (Lipinski definition) is 3. The molecule has 2 aromatic rings. The molecule has 1 aromatic carbocycles. The van der Waals surface area contributed by atoms with Crippen molar-refractivity contribution >= 4 is 38.9 Å². The summed E-state index contributed by atoms with van der Waals surface area (Å²) in [5.41, 5.74) is 0.00202. The summed E-state index contributed by atoms with van der Waals surface area (Å²) in [6.45, 7) is 8.28. The molecule has 1 N–H and O–H groups in total. The Kier molecular flexibility index (Phi) is 4.49. The molecule has 5 heteroatoms. The highest BCUT2D eigenvalue weighted by atomic mass is 35.5. The number of halogens is 1. The second-order valence-corrected chi connectivity index (χ2v) is 7.60. The molecular weight excluding hydrogens is 306 g/mol. The summed E-state index contributed by atoms with van der Waals surface area (Å²) in [5, 5.41) is 4.42. The highest BCUT2D eigenvalue weighted by molar-refractivity contribution is 7.21. The van der Waals surface area contributed by atoms with E-state index in [4.69, 9.17) is 16.3 Å². The van der Waals surface area contributed by atoms with Gasteiger partial charge in [-0.05, 0) is 30.5 Å². The lowest BCUT2D eigenvalue weighted by Gasteiger charge is -2.27. The largest absolute Gasteiger partial charge is 0.497 e. The summed E-state index contributed by atoms with van der Waals surface area (Å²) in [5.74, 6) is 0.637. The molecule has 0 unspecified atom stereocenters. The molecule has 0 aliphatic carbocycles. The monoisotopic (exact) mass is 325 g/mol. The molecule has 0 saturated heterocycles. The predicted octanol–water partition coefficient (Wildman–Crippen LogP) is 4.73. The Hall–Kier alpha value is -1.26. The van der Waals surface area contributed by atoms with Crippen LogP contribution in [0.4, 0.5) is 0 Å². The van der Waals surface area contributed by atoms with Crippen molar-refractivity contribution in [3.05, 3.63) is 28.1 Å². The van der Waals surface area contributed by atoms with Crippen LogP contribution in [0.3, 0.4) is 0 Å². The van der Waals surface area contributed by atoms with Gasteiger partial charge in [-0.1, -0.05) is 32.4 Å². The lowest BCUT2D eigenvalue weighted by atomic mass is 9.88. The molecule has 1 heterocycles. The molecule has 2 rings (SSSR count). The number of hydrogen-bond donors (Lipinski definition) is 1. The summed E-state index contributed by atoms with van der Waals surface area (Å²) in [6, 6.07) is 5.69. The molecule has 0 radical (unpaired) electrons. The maximum atomic E-state index is 12.4. The summed E-state index contributed by atoms with van der Waals surface area (Å²) >= 11 is 7.74. The fourth-order valence-electron chi connectivity index (χ4n) is 1.80. The average Bonchev–Trinajstić information content (AvgIpc) is 2.74. The van der Waals surface area contributed by atoms with Gasteiger partial charge in [-0.25, -0.2) is 0 Å². The van der Waals surface area contributed by atoms with Crippen LogP contribution in [-0.4, -0.2) is 19.1 Å². The van der Waals surface area contributed by atoms with E-state index in [2.05, 4.69) is 26.1 Å². The number of ether oxygens (including phenoxy) is 1. The number of amides is 1. The Morgan fingerprint density at radius 3 is 2.62 bits per heavy atom. The van der Waals surface area contributed by atoms with Gasteiger partial charge in [-0.3, -0.25) is 4.79 Å². The molecule has 3 nitrogen and oxygen atoms in total. The Morgan fingerprint density at radius 2 is 2.05 bits per heavy atom. The summed E-state index contributed by atoms with van der Waals surface area (Å²) in [7, 11) is 1.62. The quantitative estimate of drug-likeness (QED) is 0.886. The smallest absolute Gasteiger partial charge is 0.263 e. The number of carbonyl (C=O) groups excluding carboxylic acids is 1. The van der Waals surface area contributed by atoms with Crippen LogP contribution in [-0.2, 0) is 0 Å². The van der Waals surface area contributed by atoms with Crippen LogP contribution in [0, 0.1) is 5.41 Å². The Morgan fingerprint density at radius 1 is 1.38 bits per heavy atom. The number of rotatable bonds is 3. The SMILES string of the molecule is COc1ccc2c(Cl)c(C(=O)N[C@@H](C)C(C)(C)C)sc2c1. The molecule has 1 atom stereocenters. The van der Waals surface area contributed by atoms with E-state index in [0.717, 1.165) is 15.8 Å². The van der Waals surface area contributed by atoms with Crippen molar-refractivity contribution in [1.82, 2.24) is 5.32 Å². The third-order valence-electron chi connectivity index (χ3n) is 3.69. The molecule has 0 aliphatic rings. The summed E-state index contributed by atoms with van der Waals surface area (Å²) in [6.07, 6.45) is 0. The minimum atomic E-state index is -0.123. The van der Waals surface area contributed by atoms with Gasteiger partial charge >= 0.3 is 0 Å². The van der Waals surface area contributed by atoms with Crippen LogP contribution in [0.15, 0.2) is 18.2 Å². The van der Waals surface area contributed by atoms with Crippen LogP contribution < -0.4 is 10.1 Å². The molecule has 0 bridgehead atoms. The van der Waals surface area contributed by atoms with E-state index < -0.39 is 0 Å². The van der Waals surface area contributed by atoms with Gasteiger partial charge in [0.05, 0.1) is 12.1 Å². The predicted molar refractivity (Wildman–Crippen MR) is 89.8 cm³/mol. The van der Waals surface area contributed by atoms with Crippen molar-refractivity contribution in [2.24, 2.45) is 5.41 Å². The lowest BCUT2D eigenvalue weighted by Crippen LogP contribution is -2.41. The number of methoxy groups -OCH3 is 1. The molecule has 114 valence electrons. The normalized spacial score (nSPS) is 13.2. The van der Waals surface area contributed by atoms with Gasteiger partial charge in [0.1, 0.15) is 10.6 Å². The minimum absolute atomic E-state index is 0.00202. The number of benzene rings is 1. The molecular formula is C16H20ClNO2S. The van der Waals surface area contributed by atoms with Gasteiger partial charge in [-0.15, -0.1) is 11.3 Å². The molecule has 0 fully saturated rings. The van der Waals surface area contributed by atoms with Crippen molar-refractivity contribution in [2.75, 3.05) is 7.11 Å². The van der Waals surface area contributed by atoms with Crippen molar-refractivity contribution in [3.8, 4) is 5.75 Å². The molecule has 0 aliphatic heterocycles.